The Hall–Kier alpha value is -1.79. The van der Waals surface area contributed by atoms with Gasteiger partial charge in [0.1, 0.15) is 0 Å². The maximum absolute atomic E-state index is 6.51. The van der Waals surface area contributed by atoms with Crippen LogP contribution in [0.4, 0.5) is 0 Å². The lowest BCUT2D eigenvalue weighted by molar-refractivity contribution is 1.60. The van der Waals surface area contributed by atoms with Crippen molar-refractivity contribution in [2.45, 2.75) is 6.92 Å². The molecule has 90 valence electrons. The number of benzene rings is 2. The zero-order valence-corrected chi connectivity index (χ0v) is 11.1. The fraction of sp³-hybridized carbons (Fsp3) is 0.0588. The zero-order valence-electron chi connectivity index (χ0n) is 10.3. The highest BCUT2D eigenvalue weighted by Crippen LogP contribution is 2.30. The minimum Gasteiger partial charge on any atom is -0.0870 e. The van der Waals surface area contributed by atoms with Crippen molar-refractivity contribution in [1.82, 2.24) is 0 Å². The van der Waals surface area contributed by atoms with Crippen LogP contribution in [0.2, 0.25) is 0 Å². The van der Waals surface area contributed by atoms with E-state index in [1.54, 1.807) is 0 Å². The molecule has 18 heavy (non-hydrogen) atoms. The largest absolute Gasteiger partial charge is 0.0870 e. The Morgan fingerprint density at radius 3 is 1.83 bits per heavy atom. The van der Waals surface area contributed by atoms with E-state index in [0.29, 0.717) is 0 Å². The summed E-state index contributed by atoms with van der Waals surface area (Å²) in [5, 5.41) is 0.778. The maximum atomic E-state index is 6.51. The predicted octanol–water partition coefficient (Wildman–Crippen LogP) is 5.37. The molecule has 0 N–H and O–H groups in total. The second kappa shape index (κ2) is 6.23. The number of halogens is 1. The molecule has 0 spiro atoms. The highest BCUT2D eigenvalue weighted by Gasteiger charge is 2.06. The number of allylic oxidation sites excluding steroid dienone is 3. The summed E-state index contributed by atoms with van der Waals surface area (Å²) >= 11 is 6.51. The molecule has 2 aromatic carbocycles. The molecule has 0 aliphatic carbocycles. The molecule has 0 nitrogen and oxygen atoms in total. The third kappa shape index (κ3) is 2.91. The van der Waals surface area contributed by atoms with Gasteiger partial charge in [-0.25, -0.2) is 0 Å². The van der Waals surface area contributed by atoms with E-state index in [2.05, 4.69) is 12.1 Å². The van der Waals surface area contributed by atoms with Gasteiger partial charge in [0.25, 0.3) is 0 Å². The fourth-order valence-corrected chi connectivity index (χ4v) is 2.12. The topological polar surface area (TPSA) is 0 Å². The van der Waals surface area contributed by atoms with Crippen LogP contribution >= 0.6 is 11.6 Å². The van der Waals surface area contributed by atoms with Gasteiger partial charge in [-0.3, -0.25) is 0 Å². The lowest BCUT2D eigenvalue weighted by atomic mass is 10.0. The number of hydrogen-bond donors (Lipinski definition) is 0. The summed E-state index contributed by atoms with van der Waals surface area (Å²) < 4.78 is 0. The lowest BCUT2D eigenvalue weighted by Gasteiger charge is -2.07. The van der Waals surface area contributed by atoms with Crippen molar-refractivity contribution in [3.63, 3.8) is 0 Å². The lowest BCUT2D eigenvalue weighted by Crippen LogP contribution is -1.85. The minimum atomic E-state index is 0.778. The van der Waals surface area contributed by atoms with Gasteiger partial charge in [0.2, 0.25) is 0 Å². The molecule has 0 fully saturated rings. The quantitative estimate of drug-likeness (QED) is 0.510. The van der Waals surface area contributed by atoms with Crippen LogP contribution in [0.1, 0.15) is 18.1 Å². The van der Waals surface area contributed by atoms with Crippen molar-refractivity contribution in [2.75, 3.05) is 0 Å². The van der Waals surface area contributed by atoms with Gasteiger partial charge in [0.05, 0.1) is 5.03 Å². The molecular formula is C17H15Cl. The van der Waals surface area contributed by atoms with E-state index < -0.39 is 0 Å². The summed E-state index contributed by atoms with van der Waals surface area (Å²) in [7, 11) is 0. The van der Waals surface area contributed by atoms with Gasteiger partial charge in [-0.1, -0.05) is 84.4 Å². The average Bonchev–Trinajstić information content (AvgIpc) is 2.46. The van der Waals surface area contributed by atoms with Crippen LogP contribution in [0, 0.1) is 0 Å². The molecule has 2 aromatic rings. The van der Waals surface area contributed by atoms with Gasteiger partial charge in [0, 0.05) is 5.57 Å². The summed E-state index contributed by atoms with van der Waals surface area (Å²) in [5.41, 5.74) is 3.21. The van der Waals surface area contributed by atoms with Crippen LogP contribution in [0.25, 0.3) is 10.6 Å². The first-order chi connectivity index (χ1) is 8.83. The first-order valence-electron chi connectivity index (χ1n) is 5.96. The normalized spacial score (nSPS) is 12.6. The van der Waals surface area contributed by atoms with Crippen LogP contribution in [0.3, 0.4) is 0 Å². The highest BCUT2D eigenvalue weighted by molar-refractivity contribution is 6.53. The first-order valence-corrected chi connectivity index (χ1v) is 6.34. The second-order valence-corrected chi connectivity index (χ2v) is 4.34. The predicted molar refractivity (Wildman–Crippen MR) is 80.4 cm³/mol. The van der Waals surface area contributed by atoms with Crippen molar-refractivity contribution < 1.29 is 0 Å². The smallest absolute Gasteiger partial charge is 0.0556 e. The molecule has 0 heterocycles. The summed E-state index contributed by atoms with van der Waals surface area (Å²) in [6.07, 6.45) is 4.05. The molecule has 0 atom stereocenters. The molecular weight excluding hydrogens is 240 g/mol. The van der Waals surface area contributed by atoms with Gasteiger partial charge in [-0.2, -0.15) is 0 Å². The number of hydrogen-bond acceptors (Lipinski definition) is 0. The van der Waals surface area contributed by atoms with E-state index in [1.807, 2.05) is 67.6 Å². The van der Waals surface area contributed by atoms with E-state index in [9.17, 15) is 0 Å². The van der Waals surface area contributed by atoms with Crippen molar-refractivity contribution in [2.24, 2.45) is 0 Å². The van der Waals surface area contributed by atoms with E-state index in [4.69, 9.17) is 11.6 Å². The molecule has 0 saturated carbocycles. The van der Waals surface area contributed by atoms with Gasteiger partial charge in [-0.05, 0) is 18.1 Å². The van der Waals surface area contributed by atoms with Gasteiger partial charge >= 0.3 is 0 Å². The molecule has 0 aliphatic heterocycles. The Bertz CT molecular complexity index is 551. The van der Waals surface area contributed by atoms with E-state index >= 15 is 0 Å². The monoisotopic (exact) mass is 254 g/mol. The molecule has 0 bridgehead atoms. The van der Waals surface area contributed by atoms with Crippen LogP contribution < -0.4 is 0 Å². The molecule has 1 heteroatoms. The maximum Gasteiger partial charge on any atom is 0.0556 e. The van der Waals surface area contributed by atoms with Crippen molar-refractivity contribution >= 4 is 22.2 Å². The minimum absolute atomic E-state index is 0.778. The summed E-state index contributed by atoms with van der Waals surface area (Å²) in [5.74, 6) is 0. The molecule has 0 saturated heterocycles. The molecule has 0 aliphatic rings. The van der Waals surface area contributed by atoms with Crippen molar-refractivity contribution in [1.29, 1.82) is 0 Å². The third-order valence-electron chi connectivity index (χ3n) is 2.68. The first kappa shape index (κ1) is 12.7. The Morgan fingerprint density at radius 2 is 1.33 bits per heavy atom. The highest BCUT2D eigenvalue weighted by atomic mass is 35.5. The summed E-state index contributed by atoms with van der Waals surface area (Å²) in [4.78, 5) is 0. The average molecular weight is 255 g/mol. The molecule has 2 rings (SSSR count). The summed E-state index contributed by atoms with van der Waals surface area (Å²) in [6, 6.07) is 20.2. The van der Waals surface area contributed by atoms with Crippen LogP contribution in [-0.4, -0.2) is 0 Å². The number of rotatable bonds is 3. The summed E-state index contributed by atoms with van der Waals surface area (Å²) in [6.45, 7) is 2.00. The van der Waals surface area contributed by atoms with Gasteiger partial charge in [0.15, 0.2) is 0 Å². The second-order valence-electron chi connectivity index (χ2n) is 3.96. The van der Waals surface area contributed by atoms with Crippen LogP contribution in [0.15, 0.2) is 72.8 Å². The Kier molecular flexibility index (Phi) is 4.38. The Balaban J connectivity index is 2.54. The van der Waals surface area contributed by atoms with Gasteiger partial charge < -0.3 is 0 Å². The Morgan fingerprint density at radius 1 is 0.833 bits per heavy atom. The molecule has 0 amide bonds. The van der Waals surface area contributed by atoms with Crippen molar-refractivity contribution in [3.8, 4) is 0 Å². The van der Waals surface area contributed by atoms with E-state index in [1.165, 1.54) is 0 Å². The Labute approximate surface area is 113 Å². The van der Waals surface area contributed by atoms with Gasteiger partial charge in [-0.15, -0.1) is 0 Å². The molecule has 0 unspecified atom stereocenters. The van der Waals surface area contributed by atoms with Crippen molar-refractivity contribution in [3.05, 3.63) is 83.9 Å². The standard InChI is InChI=1S/C17H15Cl/c1-2-9-16(14-10-5-3-6-11-14)17(18)15-12-7-4-8-13-15/h2-13H,1H3. The van der Waals surface area contributed by atoms with Crippen LogP contribution in [0.5, 0.6) is 0 Å². The fourth-order valence-electron chi connectivity index (χ4n) is 1.82. The zero-order chi connectivity index (χ0) is 12.8. The van der Waals surface area contributed by atoms with Crippen LogP contribution in [-0.2, 0) is 0 Å². The molecule has 0 radical (unpaired) electrons. The van der Waals surface area contributed by atoms with E-state index in [0.717, 1.165) is 21.7 Å². The third-order valence-corrected chi connectivity index (χ3v) is 3.10. The van der Waals surface area contributed by atoms with E-state index in [-0.39, 0.29) is 0 Å². The SMILES string of the molecule is CC=CC(=C(Cl)c1ccccc1)c1ccccc1. The molecule has 0 aromatic heterocycles.